The van der Waals surface area contributed by atoms with Crippen LogP contribution in [0.4, 0.5) is 8.78 Å². The lowest BCUT2D eigenvalue weighted by Crippen LogP contribution is -2.48. The number of hydrogen-bond donors (Lipinski definition) is 2. The van der Waals surface area contributed by atoms with E-state index in [1.165, 1.54) is 30.0 Å². The van der Waals surface area contributed by atoms with E-state index in [4.69, 9.17) is 10.5 Å². The highest BCUT2D eigenvalue weighted by Crippen LogP contribution is 2.49. The van der Waals surface area contributed by atoms with Crippen molar-refractivity contribution in [3.05, 3.63) is 53.5 Å². The van der Waals surface area contributed by atoms with Gasteiger partial charge in [0.05, 0.1) is 18.7 Å². The third-order valence-electron chi connectivity index (χ3n) is 5.04. The predicted molar refractivity (Wildman–Crippen MR) is 97.9 cm³/mol. The van der Waals surface area contributed by atoms with Gasteiger partial charge in [0.25, 0.3) is 5.91 Å². The maximum Gasteiger partial charge on any atom is 0.274 e. The zero-order valence-electron chi connectivity index (χ0n) is 14.3. The van der Waals surface area contributed by atoms with Crippen LogP contribution < -0.4 is 11.1 Å². The SMILES string of the molecule is NC1=N[C@@]2(C3CC(NC(=O)c4ccc(F)cn4)=CC=C3F)OCC[C@H]2CS1. The summed E-state index contributed by atoms with van der Waals surface area (Å²) in [4.78, 5) is 20.6. The number of pyridine rings is 1. The first-order valence-corrected chi connectivity index (χ1v) is 9.58. The minimum Gasteiger partial charge on any atom is -0.378 e. The molecule has 2 aliphatic heterocycles. The van der Waals surface area contributed by atoms with Gasteiger partial charge in [-0.3, -0.25) is 4.79 Å². The van der Waals surface area contributed by atoms with Crippen molar-refractivity contribution in [2.24, 2.45) is 22.6 Å². The van der Waals surface area contributed by atoms with E-state index in [0.29, 0.717) is 17.5 Å². The third kappa shape index (κ3) is 3.37. The van der Waals surface area contributed by atoms with Crippen molar-refractivity contribution in [3.8, 4) is 0 Å². The molecule has 3 aliphatic rings. The van der Waals surface area contributed by atoms with Crippen LogP contribution in [-0.2, 0) is 4.74 Å². The summed E-state index contributed by atoms with van der Waals surface area (Å²) in [6, 6.07) is 2.45. The summed E-state index contributed by atoms with van der Waals surface area (Å²) in [6.07, 6.45) is 4.81. The van der Waals surface area contributed by atoms with Crippen LogP contribution in [0.25, 0.3) is 0 Å². The molecule has 1 aromatic heterocycles. The minimum absolute atomic E-state index is 0.0627. The zero-order valence-corrected chi connectivity index (χ0v) is 15.1. The fourth-order valence-corrected chi connectivity index (χ4v) is 4.69. The van der Waals surface area contributed by atoms with Crippen molar-refractivity contribution in [2.45, 2.75) is 18.6 Å². The van der Waals surface area contributed by atoms with Gasteiger partial charge in [0.2, 0.25) is 0 Å². The molecule has 1 amide bonds. The number of ether oxygens (including phenoxy) is 1. The van der Waals surface area contributed by atoms with Crippen molar-refractivity contribution >= 4 is 22.8 Å². The molecule has 1 aromatic rings. The van der Waals surface area contributed by atoms with Crippen LogP contribution in [0.2, 0.25) is 0 Å². The first-order valence-electron chi connectivity index (χ1n) is 8.59. The molecule has 0 aromatic carbocycles. The van der Waals surface area contributed by atoms with Crippen molar-refractivity contribution in [1.82, 2.24) is 10.3 Å². The Labute approximate surface area is 159 Å². The summed E-state index contributed by atoms with van der Waals surface area (Å²) in [5.41, 5.74) is 5.46. The Hall–Kier alpha value is -2.26. The Morgan fingerprint density at radius 3 is 3.00 bits per heavy atom. The van der Waals surface area contributed by atoms with Crippen LogP contribution in [-0.4, -0.2) is 34.1 Å². The van der Waals surface area contributed by atoms with Crippen LogP contribution >= 0.6 is 11.8 Å². The van der Waals surface area contributed by atoms with Gasteiger partial charge in [0, 0.05) is 23.8 Å². The summed E-state index contributed by atoms with van der Waals surface area (Å²) >= 11 is 1.45. The topological polar surface area (TPSA) is 89.6 Å². The van der Waals surface area contributed by atoms with E-state index in [9.17, 15) is 13.6 Å². The second kappa shape index (κ2) is 7.05. The lowest BCUT2D eigenvalue weighted by Gasteiger charge is -2.40. The van der Waals surface area contributed by atoms with Crippen molar-refractivity contribution in [1.29, 1.82) is 0 Å². The molecule has 3 atom stereocenters. The van der Waals surface area contributed by atoms with E-state index in [2.05, 4.69) is 15.3 Å². The van der Waals surface area contributed by atoms with Crippen LogP contribution in [0.1, 0.15) is 23.3 Å². The minimum atomic E-state index is -1.03. The van der Waals surface area contributed by atoms with Crippen LogP contribution in [0.5, 0.6) is 0 Å². The first-order chi connectivity index (χ1) is 13.0. The molecule has 9 heteroatoms. The maximum absolute atomic E-state index is 14.7. The largest absolute Gasteiger partial charge is 0.378 e. The van der Waals surface area contributed by atoms with Gasteiger partial charge in [0.15, 0.2) is 10.9 Å². The number of carbonyl (C=O) groups excluding carboxylic acids is 1. The Bertz CT molecular complexity index is 855. The quantitative estimate of drug-likeness (QED) is 0.825. The van der Waals surface area contributed by atoms with Gasteiger partial charge >= 0.3 is 0 Å². The van der Waals surface area contributed by atoms with Gasteiger partial charge in [-0.2, -0.15) is 0 Å². The van der Waals surface area contributed by atoms with Gasteiger partial charge in [-0.05, 0) is 30.7 Å². The number of rotatable bonds is 3. The van der Waals surface area contributed by atoms with Crippen molar-refractivity contribution in [3.63, 3.8) is 0 Å². The van der Waals surface area contributed by atoms with E-state index in [-0.39, 0.29) is 23.9 Å². The molecule has 142 valence electrons. The molecule has 0 radical (unpaired) electrons. The molecule has 1 unspecified atom stereocenters. The number of nitrogens with two attached hydrogens (primary N) is 1. The van der Waals surface area contributed by atoms with Gasteiger partial charge in [-0.1, -0.05) is 11.8 Å². The number of carbonyl (C=O) groups is 1. The maximum atomic E-state index is 14.7. The number of hydrogen-bond acceptors (Lipinski definition) is 6. The average Bonchev–Trinajstić information content (AvgIpc) is 3.07. The summed E-state index contributed by atoms with van der Waals surface area (Å²) in [7, 11) is 0. The second-order valence-corrected chi connectivity index (χ2v) is 7.70. The fraction of sp³-hybridized carbons (Fsp3) is 0.389. The predicted octanol–water partition coefficient (Wildman–Crippen LogP) is 2.50. The molecular formula is C18H18F2N4O2S. The number of thioether (sulfide) groups is 1. The highest BCUT2D eigenvalue weighted by molar-refractivity contribution is 8.13. The highest BCUT2D eigenvalue weighted by atomic mass is 32.2. The van der Waals surface area contributed by atoms with Crippen LogP contribution in [0, 0.1) is 17.7 Å². The van der Waals surface area contributed by atoms with E-state index < -0.39 is 23.4 Å². The van der Waals surface area contributed by atoms with Crippen LogP contribution in [0.3, 0.4) is 0 Å². The zero-order chi connectivity index (χ0) is 19.0. The molecule has 0 saturated carbocycles. The molecule has 3 heterocycles. The molecule has 3 N–H and O–H groups in total. The highest BCUT2D eigenvalue weighted by Gasteiger charge is 2.54. The molecular weight excluding hydrogens is 374 g/mol. The molecule has 6 nitrogen and oxygen atoms in total. The Morgan fingerprint density at radius 2 is 2.22 bits per heavy atom. The molecule has 1 aliphatic carbocycles. The van der Waals surface area contributed by atoms with Gasteiger partial charge in [-0.25, -0.2) is 18.8 Å². The summed E-state index contributed by atoms with van der Waals surface area (Å²) < 4.78 is 33.6. The Balaban J connectivity index is 1.55. The smallest absolute Gasteiger partial charge is 0.274 e. The van der Waals surface area contributed by atoms with E-state index in [1.54, 1.807) is 0 Å². The number of nitrogens with one attached hydrogen (secondary N) is 1. The average molecular weight is 392 g/mol. The number of aliphatic imine (C=N–C) groups is 1. The summed E-state index contributed by atoms with van der Waals surface area (Å²) in [5, 5.41) is 3.10. The van der Waals surface area contributed by atoms with Gasteiger partial charge < -0.3 is 15.8 Å². The van der Waals surface area contributed by atoms with Crippen LogP contribution in [0.15, 0.2) is 47.0 Å². The van der Waals surface area contributed by atoms with E-state index in [1.807, 2.05) is 0 Å². The van der Waals surface area contributed by atoms with E-state index >= 15 is 0 Å². The lowest BCUT2D eigenvalue weighted by molar-refractivity contribution is -0.0532. The standard InChI is InChI=1S/C18H18F2N4O2S/c19-11-1-4-15(22-8-11)16(25)23-12-2-3-14(20)13(7-12)18-10(5-6-26-18)9-27-17(21)24-18/h1-4,8,10,13H,5-7,9H2,(H2,21,24)(H,23,25)/t10-,13?,18+/m0/s1. The van der Waals surface area contributed by atoms with Crippen molar-refractivity contribution in [2.75, 3.05) is 12.4 Å². The number of amidine groups is 1. The molecule has 0 spiro atoms. The second-order valence-electron chi connectivity index (χ2n) is 6.66. The number of amides is 1. The summed E-state index contributed by atoms with van der Waals surface area (Å²) in [5.74, 6) is -1.23. The monoisotopic (exact) mass is 392 g/mol. The lowest BCUT2D eigenvalue weighted by atomic mass is 9.80. The third-order valence-corrected chi connectivity index (χ3v) is 5.99. The number of fused-ring (bicyclic) bond motifs is 1. The van der Waals surface area contributed by atoms with Gasteiger partial charge in [0.1, 0.15) is 17.3 Å². The number of nitrogens with zero attached hydrogens (tertiary/aromatic N) is 2. The molecule has 4 rings (SSSR count). The van der Waals surface area contributed by atoms with Gasteiger partial charge in [-0.15, -0.1) is 0 Å². The number of aromatic nitrogens is 1. The molecule has 1 fully saturated rings. The first kappa shape index (κ1) is 18.1. The molecule has 27 heavy (non-hydrogen) atoms. The fourth-order valence-electron chi connectivity index (χ4n) is 3.71. The van der Waals surface area contributed by atoms with E-state index in [0.717, 1.165) is 24.4 Å². The normalized spacial score (nSPS) is 30.1. The van der Waals surface area contributed by atoms with Crippen molar-refractivity contribution < 1.29 is 18.3 Å². The number of halogens is 2. The Morgan fingerprint density at radius 1 is 1.37 bits per heavy atom. The Kier molecular flexibility index (Phi) is 4.73. The molecule has 1 saturated heterocycles. The number of allylic oxidation sites excluding steroid dienone is 3. The molecule has 0 bridgehead atoms. The summed E-state index contributed by atoms with van der Waals surface area (Å²) in [6.45, 7) is 0.497.